The Labute approximate surface area is 119 Å². The van der Waals surface area contributed by atoms with E-state index in [1.54, 1.807) is 0 Å². The van der Waals surface area contributed by atoms with Crippen molar-refractivity contribution in [3.63, 3.8) is 0 Å². The predicted octanol–water partition coefficient (Wildman–Crippen LogP) is 5.14. The van der Waals surface area contributed by atoms with Crippen LogP contribution in [-0.4, -0.2) is 0 Å². The lowest BCUT2D eigenvalue weighted by molar-refractivity contribution is 1.08. The summed E-state index contributed by atoms with van der Waals surface area (Å²) in [5.74, 6) is 0.813. The number of anilines is 1. The monoisotopic (exact) mass is 271 g/mol. The Bertz CT molecular complexity index is 588. The Hall–Kier alpha value is -1.47. The second-order valence-electron chi connectivity index (χ2n) is 5.33. The fourth-order valence-corrected chi connectivity index (χ4v) is 2.53. The maximum atomic E-state index is 6.03. The molecular weight excluding hydrogens is 254 g/mol. The van der Waals surface area contributed by atoms with Crippen LogP contribution in [0.2, 0.25) is 5.02 Å². The van der Waals surface area contributed by atoms with Gasteiger partial charge in [-0.3, -0.25) is 0 Å². The lowest BCUT2D eigenvalue weighted by Gasteiger charge is -2.11. The Morgan fingerprint density at radius 3 is 2.79 bits per heavy atom. The minimum absolute atomic E-state index is 0.778. The molecule has 1 fully saturated rings. The summed E-state index contributed by atoms with van der Waals surface area (Å²) in [7, 11) is 0. The lowest BCUT2D eigenvalue weighted by atomic mass is 10.1. The maximum Gasteiger partial charge on any atom is 0.0426 e. The summed E-state index contributed by atoms with van der Waals surface area (Å²) in [5, 5.41) is 4.25. The lowest BCUT2D eigenvalue weighted by Crippen LogP contribution is -2.01. The molecule has 19 heavy (non-hydrogen) atoms. The molecule has 1 aliphatic rings. The van der Waals surface area contributed by atoms with Crippen molar-refractivity contribution in [3.8, 4) is 0 Å². The van der Waals surface area contributed by atoms with Crippen LogP contribution in [0.25, 0.3) is 0 Å². The van der Waals surface area contributed by atoms with E-state index in [2.05, 4.69) is 36.5 Å². The molecule has 1 N–H and O–H groups in total. The van der Waals surface area contributed by atoms with E-state index in [4.69, 9.17) is 11.6 Å². The van der Waals surface area contributed by atoms with Crippen LogP contribution in [0.3, 0.4) is 0 Å². The van der Waals surface area contributed by atoms with E-state index in [1.807, 2.05) is 18.2 Å². The van der Waals surface area contributed by atoms with E-state index in [0.29, 0.717) is 0 Å². The molecule has 0 saturated heterocycles. The van der Waals surface area contributed by atoms with Crippen molar-refractivity contribution in [2.45, 2.75) is 32.2 Å². The highest BCUT2D eigenvalue weighted by Gasteiger charge is 2.23. The summed E-state index contributed by atoms with van der Waals surface area (Å²) in [6, 6.07) is 14.9. The van der Waals surface area contributed by atoms with E-state index in [9.17, 15) is 0 Å². The average molecular weight is 272 g/mol. The van der Waals surface area contributed by atoms with Gasteiger partial charge >= 0.3 is 0 Å². The van der Waals surface area contributed by atoms with Crippen LogP contribution < -0.4 is 5.32 Å². The van der Waals surface area contributed by atoms with Gasteiger partial charge in [0, 0.05) is 17.3 Å². The number of aryl methyl sites for hydroxylation is 1. The van der Waals surface area contributed by atoms with Crippen LogP contribution in [0.1, 0.15) is 35.4 Å². The molecule has 1 saturated carbocycles. The van der Waals surface area contributed by atoms with Crippen LogP contribution in [0, 0.1) is 6.92 Å². The van der Waals surface area contributed by atoms with Gasteiger partial charge in [0.05, 0.1) is 0 Å². The van der Waals surface area contributed by atoms with Crippen molar-refractivity contribution < 1.29 is 0 Å². The van der Waals surface area contributed by atoms with Crippen LogP contribution in [0.15, 0.2) is 42.5 Å². The predicted molar refractivity (Wildman–Crippen MR) is 81.9 cm³/mol. The quantitative estimate of drug-likeness (QED) is 0.812. The van der Waals surface area contributed by atoms with Gasteiger partial charge in [0.15, 0.2) is 0 Å². The van der Waals surface area contributed by atoms with Crippen LogP contribution in [0.5, 0.6) is 0 Å². The van der Waals surface area contributed by atoms with Gasteiger partial charge in [-0.05, 0) is 54.5 Å². The molecule has 0 amide bonds. The second kappa shape index (κ2) is 5.26. The van der Waals surface area contributed by atoms with Gasteiger partial charge in [-0.1, -0.05) is 41.9 Å². The molecule has 0 aliphatic heterocycles. The summed E-state index contributed by atoms with van der Waals surface area (Å²) in [6.07, 6.45) is 2.70. The molecule has 2 aromatic carbocycles. The third kappa shape index (κ3) is 3.10. The summed E-state index contributed by atoms with van der Waals surface area (Å²) in [5.41, 5.74) is 5.16. The second-order valence-corrected chi connectivity index (χ2v) is 5.77. The Balaban J connectivity index is 1.71. The standard InChI is InChI=1S/C17H18ClN/c1-12-5-8-16(18)10-17(12)19-11-13-3-2-4-15(9-13)14-6-7-14/h2-5,8-10,14,19H,6-7,11H2,1H3. The highest BCUT2D eigenvalue weighted by atomic mass is 35.5. The number of rotatable bonds is 4. The maximum absolute atomic E-state index is 6.03. The average Bonchev–Trinajstić information content (AvgIpc) is 3.25. The van der Waals surface area contributed by atoms with Gasteiger partial charge in [0.2, 0.25) is 0 Å². The van der Waals surface area contributed by atoms with Crippen molar-refractivity contribution in [2.24, 2.45) is 0 Å². The number of nitrogens with one attached hydrogen (secondary N) is 1. The van der Waals surface area contributed by atoms with Gasteiger partial charge in [-0.25, -0.2) is 0 Å². The van der Waals surface area contributed by atoms with Crippen molar-refractivity contribution in [1.82, 2.24) is 0 Å². The Morgan fingerprint density at radius 2 is 2.00 bits per heavy atom. The zero-order chi connectivity index (χ0) is 13.2. The fourth-order valence-electron chi connectivity index (χ4n) is 2.36. The zero-order valence-electron chi connectivity index (χ0n) is 11.1. The molecule has 0 spiro atoms. The molecule has 98 valence electrons. The van der Waals surface area contributed by atoms with Gasteiger partial charge in [-0.2, -0.15) is 0 Å². The molecule has 1 nitrogen and oxygen atoms in total. The molecule has 0 bridgehead atoms. The molecule has 0 atom stereocenters. The zero-order valence-corrected chi connectivity index (χ0v) is 11.9. The first-order chi connectivity index (χ1) is 9.22. The molecule has 3 rings (SSSR count). The van der Waals surface area contributed by atoms with Crippen molar-refractivity contribution in [3.05, 3.63) is 64.2 Å². The molecular formula is C17H18ClN. The summed E-state index contributed by atoms with van der Waals surface area (Å²) < 4.78 is 0. The first kappa shape index (κ1) is 12.6. The highest BCUT2D eigenvalue weighted by molar-refractivity contribution is 6.30. The number of halogens is 1. The molecule has 0 heterocycles. The summed E-state index contributed by atoms with van der Waals surface area (Å²) >= 11 is 6.03. The largest absolute Gasteiger partial charge is 0.381 e. The van der Waals surface area contributed by atoms with E-state index >= 15 is 0 Å². The van der Waals surface area contributed by atoms with Crippen LogP contribution >= 0.6 is 11.6 Å². The van der Waals surface area contributed by atoms with E-state index in [0.717, 1.165) is 23.2 Å². The SMILES string of the molecule is Cc1ccc(Cl)cc1NCc1cccc(C2CC2)c1. The van der Waals surface area contributed by atoms with Gasteiger partial charge < -0.3 is 5.32 Å². The molecule has 0 unspecified atom stereocenters. The van der Waals surface area contributed by atoms with E-state index in [-0.39, 0.29) is 0 Å². The minimum atomic E-state index is 0.778. The number of hydrogen-bond donors (Lipinski definition) is 1. The van der Waals surface area contributed by atoms with E-state index in [1.165, 1.54) is 29.5 Å². The minimum Gasteiger partial charge on any atom is -0.381 e. The van der Waals surface area contributed by atoms with Gasteiger partial charge in [-0.15, -0.1) is 0 Å². The van der Waals surface area contributed by atoms with Gasteiger partial charge in [0.25, 0.3) is 0 Å². The van der Waals surface area contributed by atoms with Crippen molar-refractivity contribution >= 4 is 17.3 Å². The first-order valence-electron chi connectivity index (χ1n) is 6.81. The van der Waals surface area contributed by atoms with Crippen LogP contribution in [-0.2, 0) is 6.54 Å². The molecule has 0 aromatic heterocycles. The molecule has 1 aliphatic carbocycles. The molecule has 2 aromatic rings. The smallest absolute Gasteiger partial charge is 0.0426 e. The Morgan fingerprint density at radius 1 is 1.16 bits per heavy atom. The highest BCUT2D eigenvalue weighted by Crippen LogP contribution is 2.40. The number of benzene rings is 2. The Kier molecular flexibility index (Phi) is 3.48. The van der Waals surface area contributed by atoms with Crippen molar-refractivity contribution in [1.29, 1.82) is 0 Å². The summed E-state index contributed by atoms with van der Waals surface area (Å²) in [4.78, 5) is 0. The third-order valence-electron chi connectivity index (χ3n) is 3.68. The fraction of sp³-hybridized carbons (Fsp3) is 0.294. The van der Waals surface area contributed by atoms with Crippen LogP contribution in [0.4, 0.5) is 5.69 Å². The summed E-state index contributed by atoms with van der Waals surface area (Å²) in [6.45, 7) is 2.95. The molecule has 0 radical (unpaired) electrons. The third-order valence-corrected chi connectivity index (χ3v) is 3.92. The topological polar surface area (TPSA) is 12.0 Å². The first-order valence-corrected chi connectivity index (χ1v) is 7.19. The van der Waals surface area contributed by atoms with Gasteiger partial charge in [0.1, 0.15) is 0 Å². The van der Waals surface area contributed by atoms with E-state index < -0.39 is 0 Å². The normalized spacial score (nSPS) is 14.4. The molecule has 2 heteroatoms. The van der Waals surface area contributed by atoms with Crippen molar-refractivity contribution in [2.75, 3.05) is 5.32 Å². The number of hydrogen-bond acceptors (Lipinski definition) is 1.